The molecule has 1 fully saturated rings. The van der Waals surface area contributed by atoms with Gasteiger partial charge in [0.15, 0.2) is 9.84 Å². The van der Waals surface area contributed by atoms with Gasteiger partial charge in [0, 0.05) is 23.8 Å². The summed E-state index contributed by atoms with van der Waals surface area (Å²) in [6, 6.07) is 4.62. The molecule has 0 saturated carbocycles. The lowest BCUT2D eigenvalue weighted by atomic mass is 10.1. The van der Waals surface area contributed by atoms with E-state index in [9.17, 15) is 12.8 Å². The molecule has 1 heterocycles. The molecule has 100 valence electrons. The van der Waals surface area contributed by atoms with Gasteiger partial charge in [-0.3, -0.25) is 0 Å². The topological polar surface area (TPSA) is 37.4 Å². The van der Waals surface area contributed by atoms with Gasteiger partial charge in [-0.2, -0.15) is 0 Å². The van der Waals surface area contributed by atoms with Crippen molar-refractivity contribution in [2.24, 2.45) is 0 Å². The van der Waals surface area contributed by atoms with Crippen molar-refractivity contribution in [3.8, 4) is 0 Å². The van der Waals surface area contributed by atoms with Crippen LogP contribution in [0.3, 0.4) is 0 Å². The van der Waals surface area contributed by atoms with Gasteiger partial charge in [-0.15, -0.1) is 11.6 Å². The summed E-state index contributed by atoms with van der Waals surface area (Å²) in [5.74, 6) is -0.0539. The Bertz CT molecular complexity index is 547. The summed E-state index contributed by atoms with van der Waals surface area (Å²) >= 11 is 5.78. The van der Waals surface area contributed by atoms with E-state index in [4.69, 9.17) is 11.6 Å². The van der Waals surface area contributed by atoms with E-state index < -0.39 is 9.84 Å². The predicted molar refractivity (Wildman–Crippen MR) is 71.4 cm³/mol. The fraction of sp³-hybridized carbons (Fsp3) is 0.500. The molecule has 0 radical (unpaired) electrons. The van der Waals surface area contributed by atoms with E-state index in [1.807, 2.05) is 11.8 Å². The molecule has 1 aliphatic rings. The second-order valence-corrected chi connectivity index (χ2v) is 7.02. The van der Waals surface area contributed by atoms with Crippen LogP contribution in [0.5, 0.6) is 0 Å². The van der Waals surface area contributed by atoms with Gasteiger partial charge in [-0.05, 0) is 19.1 Å². The highest BCUT2D eigenvalue weighted by Crippen LogP contribution is 2.28. The molecule has 3 nitrogen and oxygen atoms in total. The summed E-state index contributed by atoms with van der Waals surface area (Å²) in [7, 11) is -2.97. The molecule has 6 heteroatoms. The van der Waals surface area contributed by atoms with Crippen LogP contribution in [-0.2, 0) is 15.7 Å². The summed E-state index contributed by atoms with van der Waals surface area (Å²) in [5.41, 5.74) is 1.14. The van der Waals surface area contributed by atoms with Crippen LogP contribution in [0.2, 0.25) is 0 Å². The molecule has 0 spiro atoms. The Morgan fingerprint density at radius 3 is 2.83 bits per heavy atom. The van der Waals surface area contributed by atoms with Crippen molar-refractivity contribution in [1.82, 2.24) is 0 Å². The zero-order valence-corrected chi connectivity index (χ0v) is 11.6. The third-order valence-electron chi connectivity index (χ3n) is 3.21. The zero-order chi connectivity index (χ0) is 13.3. The maximum atomic E-state index is 13.7. The van der Waals surface area contributed by atoms with Crippen LogP contribution in [0.1, 0.15) is 12.5 Å². The van der Waals surface area contributed by atoms with E-state index in [1.165, 1.54) is 6.07 Å². The SMILES string of the molecule is CC1CS(=O)(=O)CCN1c1cccc(F)c1CCl. The molecule has 0 aliphatic carbocycles. The number of rotatable bonds is 2. The molecule has 1 aliphatic heterocycles. The van der Waals surface area contributed by atoms with E-state index in [1.54, 1.807) is 12.1 Å². The molecular weight excluding hydrogens is 277 g/mol. The Balaban J connectivity index is 2.36. The van der Waals surface area contributed by atoms with Gasteiger partial charge >= 0.3 is 0 Å². The van der Waals surface area contributed by atoms with Crippen molar-refractivity contribution < 1.29 is 12.8 Å². The second-order valence-electron chi connectivity index (χ2n) is 4.53. The van der Waals surface area contributed by atoms with Crippen LogP contribution in [0.15, 0.2) is 18.2 Å². The zero-order valence-electron chi connectivity index (χ0n) is 10.1. The quantitative estimate of drug-likeness (QED) is 0.784. The molecule has 0 bridgehead atoms. The molecule has 1 unspecified atom stereocenters. The van der Waals surface area contributed by atoms with E-state index >= 15 is 0 Å². The Labute approximate surface area is 111 Å². The minimum Gasteiger partial charge on any atom is -0.366 e. The number of sulfone groups is 1. The highest BCUT2D eigenvalue weighted by atomic mass is 35.5. The van der Waals surface area contributed by atoms with Crippen molar-refractivity contribution in [2.75, 3.05) is 23.0 Å². The summed E-state index contributed by atoms with van der Waals surface area (Å²) in [6.07, 6.45) is 0. The first-order valence-corrected chi connectivity index (χ1v) is 8.10. The molecule has 1 saturated heterocycles. The number of benzene rings is 1. The van der Waals surface area contributed by atoms with Crippen LogP contribution < -0.4 is 4.90 Å². The first-order chi connectivity index (χ1) is 8.44. The Kier molecular flexibility index (Phi) is 3.82. The Morgan fingerprint density at radius 1 is 1.50 bits per heavy atom. The average Bonchev–Trinajstić information content (AvgIpc) is 2.27. The average molecular weight is 292 g/mol. The second kappa shape index (κ2) is 5.05. The lowest BCUT2D eigenvalue weighted by Gasteiger charge is -2.36. The van der Waals surface area contributed by atoms with E-state index in [2.05, 4.69) is 0 Å². The number of hydrogen-bond acceptors (Lipinski definition) is 3. The number of halogens is 2. The van der Waals surface area contributed by atoms with Crippen molar-refractivity contribution in [3.05, 3.63) is 29.6 Å². The highest BCUT2D eigenvalue weighted by molar-refractivity contribution is 7.91. The van der Waals surface area contributed by atoms with Crippen LogP contribution >= 0.6 is 11.6 Å². The molecule has 2 rings (SSSR count). The maximum absolute atomic E-state index is 13.7. The summed E-state index contributed by atoms with van der Waals surface area (Å²) in [5, 5.41) is 0. The number of hydrogen-bond donors (Lipinski definition) is 0. The van der Waals surface area contributed by atoms with Gasteiger partial charge < -0.3 is 4.90 Å². The third-order valence-corrected chi connectivity index (χ3v) is 5.27. The van der Waals surface area contributed by atoms with Crippen LogP contribution in [0, 0.1) is 5.82 Å². The normalized spacial score (nSPS) is 23.1. The highest BCUT2D eigenvalue weighted by Gasteiger charge is 2.29. The van der Waals surface area contributed by atoms with Crippen LogP contribution in [-0.4, -0.2) is 32.5 Å². The van der Waals surface area contributed by atoms with E-state index in [-0.39, 0.29) is 29.2 Å². The van der Waals surface area contributed by atoms with Crippen molar-refractivity contribution >= 4 is 27.1 Å². The first kappa shape index (κ1) is 13.6. The predicted octanol–water partition coefficient (Wildman–Crippen LogP) is 2.19. The van der Waals surface area contributed by atoms with Gasteiger partial charge in [-0.25, -0.2) is 12.8 Å². The molecular formula is C12H15ClFNO2S. The molecule has 0 N–H and O–H groups in total. The lowest BCUT2D eigenvalue weighted by Crippen LogP contribution is -2.47. The largest absolute Gasteiger partial charge is 0.366 e. The van der Waals surface area contributed by atoms with E-state index in [0.717, 1.165) is 0 Å². The van der Waals surface area contributed by atoms with Gasteiger partial charge in [0.2, 0.25) is 0 Å². The summed E-state index contributed by atoms with van der Waals surface area (Å²) < 4.78 is 36.7. The molecule has 0 amide bonds. The fourth-order valence-electron chi connectivity index (χ4n) is 2.31. The lowest BCUT2D eigenvalue weighted by molar-refractivity contribution is 0.566. The van der Waals surface area contributed by atoms with Crippen molar-refractivity contribution in [3.63, 3.8) is 0 Å². The van der Waals surface area contributed by atoms with E-state index in [0.29, 0.717) is 17.8 Å². The number of anilines is 1. The van der Waals surface area contributed by atoms with Crippen LogP contribution in [0.25, 0.3) is 0 Å². The fourth-order valence-corrected chi connectivity index (χ4v) is 4.13. The van der Waals surface area contributed by atoms with Gasteiger partial charge in [0.1, 0.15) is 5.82 Å². The minimum absolute atomic E-state index is 0.0813. The third kappa shape index (κ3) is 2.62. The smallest absolute Gasteiger partial charge is 0.154 e. The van der Waals surface area contributed by atoms with Gasteiger partial charge in [0.05, 0.1) is 17.4 Å². The maximum Gasteiger partial charge on any atom is 0.154 e. The Morgan fingerprint density at radius 2 is 2.22 bits per heavy atom. The Hall–Kier alpha value is -0.810. The monoisotopic (exact) mass is 291 g/mol. The molecule has 1 atom stereocenters. The number of nitrogens with zero attached hydrogens (tertiary/aromatic N) is 1. The van der Waals surface area contributed by atoms with Gasteiger partial charge in [0.25, 0.3) is 0 Å². The summed E-state index contributed by atoms with van der Waals surface area (Å²) in [6.45, 7) is 2.22. The molecule has 1 aromatic carbocycles. The van der Waals surface area contributed by atoms with Crippen molar-refractivity contribution in [2.45, 2.75) is 18.8 Å². The summed E-state index contributed by atoms with van der Waals surface area (Å²) in [4.78, 5) is 1.92. The first-order valence-electron chi connectivity index (χ1n) is 5.75. The minimum atomic E-state index is -2.97. The van der Waals surface area contributed by atoms with Gasteiger partial charge in [-0.1, -0.05) is 6.07 Å². The standard InChI is InChI=1S/C12H15ClFNO2S/c1-9-8-18(16,17)6-5-15(9)12-4-2-3-11(14)10(12)7-13/h2-4,9H,5-8H2,1H3. The molecule has 1 aromatic rings. The molecule has 18 heavy (non-hydrogen) atoms. The molecule has 0 aromatic heterocycles. The van der Waals surface area contributed by atoms with Crippen LogP contribution in [0.4, 0.5) is 10.1 Å². The number of alkyl halides is 1. The van der Waals surface area contributed by atoms with Crippen molar-refractivity contribution in [1.29, 1.82) is 0 Å².